The predicted molar refractivity (Wildman–Crippen MR) is 114 cm³/mol. The van der Waals surface area contributed by atoms with Gasteiger partial charge in [-0.15, -0.1) is 0 Å². The molecule has 0 aromatic heterocycles. The fraction of sp³-hybridized carbons (Fsp3) is 0.520. The minimum Gasteiger partial charge on any atom is -0.872 e. The maximum atomic E-state index is 12.8. The standard InChI is InChI=1S/C25H36O4/c1-16(2)10-8-11-17(3)12-9-13-18(4)14-15-25(7)20(6)21(24(28)29)22(26)19(5)23(25)27/h10,12,14,26H,8-9,11,13,15H2,1-7H3,(H,28,29)/p-2/b17-12+,18-14+/t25-/m1/s1. The number of aliphatic carboxylic acids is 1. The Kier molecular flexibility index (Phi) is 8.87. The van der Waals surface area contributed by atoms with Crippen LogP contribution >= 0.6 is 0 Å². The van der Waals surface area contributed by atoms with Crippen LogP contribution in [0.4, 0.5) is 0 Å². The van der Waals surface area contributed by atoms with Gasteiger partial charge in [0.05, 0.1) is 11.4 Å². The lowest BCUT2D eigenvalue weighted by Crippen LogP contribution is -2.41. The minimum absolute atomic E-state index is 0.0294. The van der Waals surface area contributed by atoms with Crippen LogP contribution in [0.2, 0.25) is 0 Å². The van der Waals surface area contributed by atoms with Gasteiger partial charge in [-0.2, -0.15) is 0 Å². The van der Waals surface area contributed by atoms with Crippen molar-refractivity contribution in [2.45, 2.75) is 80.6 Å². The molecular formula is C25H34O4-2. The molecule has 0 aliphatic heterocycles. The molecule has 0 saturated carbocycles. The van der Waals surface area contributed by atoms with Gasteiger partial charge in [0.15, 0.2) is 5.78 Å². The highest BCUT2D eigenvalue weighted by Gasteiger charge is 2.39. The van der Waals surface area contributed by atoms with E-state index in [1.54, 1.807) is 13.8 Å². The van der Waals surface area contributed by atoms with Crippen molar-refractivity contribution in [3.05, 3.63) is 57.4 Å². The van der Waals surface area contributed by atoms with E-state index in [0.717, 1.165) is 31.3 Å². The summed E-state index contributed by atoms with van der Waals surface area (Å²) in [6.45, 7) is 13.0. The second-order valence-electron chi connectivity index (χ2n) is 8.57. The molecule has 29 heavy (non-hydrogen) atoms. The zero-order valence-electron chi connectivity index (χ0n) is 18.9. The monoisotopic (exact) mass is 398 g/mol. The van der Waals surface area contributed by atoms with Gasteiger partial charge in [0.2, 0.25) is 0 Å². The van der Waals surface area contributed by atoms with Crippen molar-refractivity contribution in [1.29, 1.82) is 0 Å². The summed E-state index contributed by atoms with van der Waals surface area (Å²) >= 11 is 0. The van der Waals surface area contributed by atoms with E-state index >= 15 is 0 Å². The zero-order valence-corrected chi connectivity index (χ0v) is 18.9. The van der Waals surface area contributed by atoms with Gasteiger partial charge >= 0.3 is 0 Å². The van der Waals surface area contributed by atoms with E-state index in [1.165, 1.54) is 18.1 Å². The SMILES string of the molecule is CC(C)=CCC/C(C)=C/CC/C(C)=C/C[C@@]1(C)C(=O)C(C)=C([O-])C(C(=O)[O-])=C1C. The summed E-state index contributed by atoms with van der Waals surface area (Å²) in [7, 11) is 0. The molecule has 1 aliphatic carbocycles. The van der Waals surface area contributed by atoms with E-state index in [2.05, 4.69) is 32.9 Å². The maximum Gasteiger partial charge on any atom is 0.168 e. The first kappa shape index (κ1) is 24.7. The number of hydrogen-bond donors (Lipinski definition) is 0. The average Bonchev–Trinajstić information content (AvgIpc) is 2.63. The summed E-state index contributed by atoms with van der Waals surface area (Å²) in [5.41, 5.74) is 2.71. The normalized spacial score (nSPS) is 21.0. The smallest absolute Gasteiger partial charge is 0.168 e. The molecule has 0 bridgehead atoms. The largest absolute Gasteiger partial charge is 0.872 e. The van der Waals surface area contributed by atoms with Gasteiger partial charge in [0.1, 0.15) is 0 Å². The first-order valence-electron chi connectivity index (χ1n) is 10.2. The van der Waals surface area contributed by atoms with E-state index in [1.807, 2.05) is 13.0 Å². The van der Waals surface area contributed by atoms with Crippen molar-refractivity contribution in [2.75, 3.05) is 0 Å². The third kappa shape index (κ3) is 6.31. The Morgan fingerprint density at radius 3 is 2.00 bits per heavy atom. The maximum absolute atomic E-state index is 12.8. The fourth-order valence-electron chi connectivity index (χ4n) is 3.53. The third-order valence-electron chi connectivity index (χ3n) is 5.80. The van der Waals surface area contributed by atoms with Gasteiger partial charge in [0.25, 0.3) is 0 Å². The summed E-state index contributed by atoms with van der Waals surface area (Å²) in [6, 6.07) is 0. The number of carboxylic acids is 1. The van der Waals surface area contributed by atoms with Crippen LogP contribution < -0.4 is 10.2 Å². The number of rotatable bonds is 9. The van der Waals surface area contributed by atoms with Gasteiger partial charge in [-0.1, -0.05) is 46.3 Å². The molecule has 160 valence electrons. The van der Waals surface area contributed by atoms with Crippen LogP contribution in [0.3, 0.4) is 0 Å². The number of carboxylic acid groups (broad SMARTS) is 1. The lowest BCUT2D eigenvalue weighted by atomic mass is 9.68. The first-order valence-corrected chi connectivity index (χ1v) is 10.2. The van der Waals surface area contributed by atoms with Crippen LogP contribution in [0.5, 0.6) is 0 Å². The topological polar surface area (TPSA) is 80.3 Å². The van der Waals surface area contributed by atoms with E-state index in [9.17, 15) is 19.8 Å². The Morgan fingerprint density at radius 2 is 1.48 bits per heavy atom. The van der Waals surface area contributed by atoms with E-state index in [0.29, 0.717) is 6.42 Å². The first-order chi connectivity index (χ1) is 13.4. The van der Waals surface area contributed by atoms with Crippen LogP contribution in [-0.2, 0) is 9.59 Å². The molecule has 0 heterocycles. The summed E-state index contributed by atoms with van der Waals surface area (Å²) in [5, 5.41) is 23.6. The lowest BCUT2D eigenvalue weighted by molar-refractivity contribution is -0.315. The Morgan fingerprint density at radius 1 is 0.966 bits per heavy atom. The molecule has 0 fully saturated rings. The van der Waals surface area contributed by atoms with Gasteiger partial charge < -0.3 is 15.0 Å². The Bertz CT molecular complexity index is 814. The van der Waals surface area contributed by atoms with Crippen LogP contribution in [0.25, 0.3) is 0 Å². The molecule has 1 rings (SSSR count). The number of carbonyl (C=O) groups excluding carboxylic acids is 2. The molecule has 1 aliphatic rings. The number of Topliss-reactive ketones (excluding diaryl/α,β-unsaturated/α-hetero) is 1. The molecular weight excluding hydrogens is 364 g/mol. The Labute approximate surface area is 175 Å². The van der Waals surface area contributed by atoms with Gasteiger partial charge in [-0.05, 0) is 91.7 Å². The molecule has 4 nitrogen and oxygen atoms in total. The van der Waals surface area contributed by atoms with Crippen molar-refractivity contribution in [2.24, 2.45) is 5.41 Å². The van der Waals surface area contributed by atoms with Crippen molar-refractivity contribution >= 4 is 11.8 Å². The Hall–Kier alpha value is -2.36. The molecule has 0 aromatic rings. The molecule has 0 amide bonds. The highest BCUT2D eigenvalue weighted by molar-refractivity contribution is 6.08. The van der Waals surface area contributed by atoms with Crippen molar-refractivity contribution in [1.82, 2.24) is 0 Å². The zero-order chi connectivity index (χ0) is 22.4. The molecule has 4 heteroatoms. The second-order valence-corrected chi connectivity index (χ2v) is 8.57. The molecule has 0 radical (unpaired) electrons. The molecule has 0 saturated heterocycles. The lowest BCUT2D eigenvalue weighted by Gasteiger charge is -2.39. The van der Waals surface area contributed by atoms with Crippen LogP contribution in [0, 0.1) is 5.41 Å². The van der Waals surface area contributed by atoms with Crippen molar-refractivity contribution < 1.29 is 19.8 Å². The van der Waals surface area contributed by atoms with E-state index < -0.39 is 17.1 Å². The second kappa shape index (κ2) is 10.4. The molecule has 0 aromatic carbocycles. The summed E-state index contributed by atoms with van der Waals surface area (Å²) in [4.78, 5) is 24.2. The highest BCUT2D eigenvalue weighted by atomic mass is 16.4. The quantitative estimate of drug-likeness (QED) is 0.548. The van der Waals surface area contributed by atoms with Crippen LogP contribution in [0.15, 0.2) is 57.4 Å². The van der Waals surface area contributed by atoms with Gasteiger partial charge in [-0.3, -0.25) is 4.79 Å². The fourth-order valence-corrected chi connectivity index (χ4v) is 3.53. The summed E-state index contributed by atoms with van der Waals surface area (Å²) < 4.78 is 0. The number of carbonyl (C=O) groups is 2. The van der Waals surface area contributed by atoms with E-state index in [-0.39, 0.29) is 22.5 Å². The third-order valence-corrected chi connectivity index (χ3v) is 5.80. The van der Waals surface area contributed by atoms with Gasteiger partial charge in [0, 0.05) is 0 Å². The van der Waals surface area contributed by atoms with Crippen LogP contribution in [-0.4, -0.2) is 11.8 Å². The molecule has 0 N–H and O–H groups in total. The number of allylic oxidation sites excluding steroid dienone is 8. The molecule has 1 atom stereocenters. The van der Waals surface area contributed by atoms with E-state index in [4.69, 9.17) is 0 Å². The summed E-state index contributed by atoms with van der Waals surface area (Å²) in [5.74, 6) is -2.54. The number of ketones is 1. The molecule has 0 unspecified atom stereocenters. The Balaban J connectivity index is 2.84. The van der Waals surface area contributed by atoms with Crippen molar-refractivity contribution in [3.8, 4) is 0 Å². The van der Waals surface area contributed by atoms with Crippen LogP contribution in [0.1, 0.15) is 80.6 Å². The highest BCUT2D eigenvalue weighted by Crippen LogP contribution is 2.42. The average molecular weight is 399 g/mol. The van der Waals surface area contributed by atoms with Crippen molar-refractivity contribution in [3.63, 3.8) is 0 Å². The molecule has 0 spiro atoms. The number of hydrogen-bond acceptors (Lipinski definition) is 4. The van der Waals surface area contributed by atoms with Gasteiger partial charge in [-0.25, -0.2) is 0 Å². The predicted octanol–water partition coefficient (Wildman–Crippen LogP) is 4.09. The minimum atomic E-state index is -1.51. The summed E-state index contributed by atoms with van der Waals surface area (Å²) in [6.07, 6.45) is 10.8.